The van der Waals surface area contributed by atoms with Crippen molar-refractivity contribution in [1.29, 1.82) is 0 Å². The number of ether oxygens (including phenoxy) is 1. The molecule has 8 nitrogen and oxygen atoms in total. The fourth-order valence-electron chi connectivity index (χ4n) is 3.57. The van der Waals surface area contributed by atoms with E-state index in [9.17, 15) is 9.18 Å². The standard InChI is InChI=1S/C21H17FN6O2/c22-14-3-4-17-15(8-14)21(25-12-24-17)26-18-10-30-11-19(18)28-20(29)6-5-16(27-28)13-2-1-7-23-9-13/h1-9,12,18-19H,10-11H2,(H,24,25,26). The Morgan fingerprint density at radius 3 is 2.93 bits per heavy atom. The molecule has 1 fully saturated rings. The van der Waals surface area contributed by atoms with Crippen LogP contribution in [-0.4, -0.2) is 44.0 Å². The van der Waals surface area contributed by atoms with Crippen LogP contribution in [-0.2, 0) is 4.74 Å². The van der Waals surface area contributed by atoms with Crippen molar-refractivity contribution >= 4 is 16.7 Å². The van der Waals surface area contributed by atoms with Crippen molar-refractivity contribution in [2.75, 3.05) is 18.5 Å². The Hall–Kier alpha value is -3.72. The van der Waals surface area contributed by atoms with E-state index in [1.807, 2.05) is 12.1 Å². The highest BCUT2D eigenvalue weighted by molar-refractivity contribution is 5.88. The minimum absolute atomic E-state index is 0.233. The Morgan fingerprint density at radius 2 is 2.07 bits per heavy atom. The number of hydrogen-bond donors (Lipinski definition) is 1. The third-order valence-corrected chi connectivity index (χ3v) is 5.07. The molecule has 0 spiro atoms. The van der Waals surface area contributed by atoms with E-state index in [1.165, 1.54) is 29.2 Å². The molecule has 0 saturated carbocycles. The molecule has 1 N–H and O–H groups in total. The monoisotopic (exact) mass is 404 g/mol. The highest BCUT2D eigenvalue weighted by Crippen LogP contribution is 2.26. The number of benzene rings is 1. The van der Waals surface area contributed by atoms with Gasteiger partial charge in [0.15, 0.2) is 0 Å². The normalized spacial score (nSPS) is 18.6. The van der Waals surface area contributed by atoms with Crippen LogP contribution in [0.3, 0.4) is 0 Å². The number of hydrogen-bond acceptors (Lipinski definition) is 7. The third-order valence-electron chi connectivity index (χ3n) is 5.07. The van der Waals surface area contributed by atoms with Crippen LogP contribution < -0.4 is 10.9 Å². The highest BCUT2D eigenvalue weighted by Gasteiger charge is 2.32. The summed E-state index contributed by atoms with van der Waals surface area (Å²) in [6.07, 6.45) is 4.79. The summed E-state index contributed by atoms with van der Waals surface area (Å²) in [6.45, 7) is 0.676. The molecule has 2 unspecified atom stereocenters. The molecule has 1 saturated heterocycles. The van der Waals surface area contributed by atoms with E-state index >= 15 is 0 Å². The molecule has 3 aromatic heterocycles. The number of anilines is 1. The van der Waals surface area contributed by atoms with E-state index in [0.29, 0.717) is 35.6 Å². The van der Waals surface area contributed by atoms with E-state index in [2.05, 4.69) is 25.4 Å². The maximum atomic E-state index is 13.8. The molecule has 9 heteroatoms. The van der Waals surface area contributed by atoms with Crippen molar-refractivity contribution in [3.8, 4) is 11.3 Å². The summed E-state index contributed by atoms with van der Waals surface area (Å²) in [5, 5.41) is 8.40. The molecule has 0 aliphatic carbocycles. The van der Waals surface area contributed by atoms with Crippen LogP contribution in [0.25, 0.3) is 22.2 Å². The summed E-state index contributed by atoms with van der Waals surface area (Å²) in [5.41, 5.74) is 1.84. The molecule has 30 heavy (non-hydrogen) atoms. The third kappa shape index (κ3) is 3.39. The minimum atomic E-state index is -0.373. The van der Waals surface area contributed by atoms with Gasteiger partial charge in [-0.2, -0.15) is 5.10 Å². The first kappa shape index (κ1) is 18.3. The SMILES string of the molecule is O=c1ccc(-c2cccnc2)nn1C1COCC1Nc1ncnc2ccc(F)cc12. The van der Waals surface area contributed by atoms with Gasteiger partial charge in [-0.25, -0.2) is 19.0 Å². The van der Waals surface area contributed by atoms with Crippen LogP contribution in [0.5, 0.6) is 0 Å². The Labute approximate surface area is 170 Å². The molecular formula is C21H17FN6O2. The van der Waals surface area contributed by atoms with Gasteiger partial charge in [0, 0.05) is 29.4 Å². The number of aromatic nitrogens is 5. The number of rotatable bonds is 4. The van der Waals surface area contributed by atoms with Gasteiger partial charge in [0.2, 0.25) is 0 Å². The van der Waals surface area contributed by atoms with E-state index in [1.54, 1.807) is 24.5 Å². The summed E-state index contributed by atoms with van der Waals surface area (Å²) >= 11 is 0. The van der Waals surface area contributed by atoms with Gasteiger partial charge < -0.3 is 10.1 Å². The summed E-state index contributed by atoms with van der Waals surface area (Å²) < 4.78 is 20.8. The fraction of sp³-hybridized carbons (Fsp3) is 0.190. The Kier molecular flexibility index (Phi) is 4.64. The maximum absolute atomic E-state index is 13.8. The molecule has 150 valence electrons. The Morgan fingerprint density at radius 1 is 1.13 bits per heavy atom. The van der Waals surface area contributed by atoms with Crippen molar-refractivity contribution in [2.24, 2.45) is 0 Å². The Balaban J connectivity index is 1.49. The van der Waals surface area contributed by atoms with Crippen molar-refractivity contribution in [1.82, 2.24) is 24.7 Å². The molecular weight excluding hydrogens is 387 g/mol. The molecule has 1 aliphatic rings. The lowest BCUT2D eigenvalue weighted by Crippen LogP contribution is -2.37. The molecule has 0 bridgehead atoms. The van der Waals surface area contributed by atoms with Crippen LogP contribution >= 0.6 is 0 Å². The molecule has 0 amide bonds. The zero-order valence-electron chi connectivity index (χ0n) is 15.8. The van der Waals surface area contributed by atoms with Crippen LogP contribution in [0, 0.1) is 5.82 Å². The number of nitrogens with one attached hydrogen (secondary N) is 1. The minimum Gasteiger partial charge on any atom is -0.377 e. The lowest BCUT2D eigenvalue weighted by atomic mass is 10.1. The first-order valence-electron chi connectivity index (χ1n) is 9.44. The van der Waals surface area contributed by atoms with Gasteiger partial charge >= 0.3 is 0 Å². The van der Waals surface area contributed by atoms with E-state index in [4.69, 9.17) is 4.74 Å². The Bertz CT molecular complexity index is 1260. The molecule has 4 aromatic rings. The van der Waals surface area contributed by atoms with Crippen LogP contribution in [0.2, 0.25) is 0 Å². The average molecular weight is 404 g/mol. The maximum Gasteiger partial charge on any atom is 0.267 e. The molecule has 5 rings (SSSR count). The molecule has 2 atom stereocenters. The van der Waals surface area contributed by atoms with Gasteiger partial charge in [0.25, 0.3) is 5.56 Å². The summed E-state index contributed by atoms with van der Waals surface area (Å²) in [7, 11) is 0. The second-order valence-corrected chi connectivity index (χ2v) is 6.98. The topological polar surface area (TPSA) is 94.8 Å². The fourth-order valence-corrected chi connectivity index (χ4v) is 3.57. The second kappa shape index (κ2) is 7.60. The largest absolute Gasteiger partial charge is 0.377 e. The van der Waals surface area contributed by atoms with Crippen molar-refractivity contribution in [2.45, 2.75) is 12.1 Å². The van der Waals surface area contributed by atoms with Crippen LogP contribution in [0.1, 0.15) is 6.04 Å². The molecule has 1 aromatic carbocycles. The highest BCUT2D eigenvalue weighted by atomic mass is 19.1. The van der Waals surface area contributed by atoms with Crippen molar-refractivity contribution < 1.29 is 9.13 Å². The smallest absolute Gasteiger partial charge is 0.267 e. The summed E-state index contributed by atoms with van der Waals surface area (Å²) in [5.74, 6) is 0.109. The lowest BCUT2D eigenvalue weighted by molar-refractivity contribution is 0.183. The number of halogens is 1. The first-order valence-corrected chi connectivity index (χ1v) is 9.44. The van der Waals surface area contributed by atoms with E-state index in [0.717, 1.165) is 5.56 Å². The van der Waals surface area contributed by atoms with Gasteiger partial charge in [0.05, 0.1) is 30.5 Å². The zero-order chi connectivity index (χ0) is 20.5. The van der Waals surface area contributed by atoms with E-state index < -0.39 is 0 Å². The summed E-state index contributed by atoms with van der Waals surface area (Å²) in [4.78, 5) is 25.1. The lowest BCUT2D eigenvalue weighted by Gasteiger charge is -2.21. The summed E-state index contributed by atoms with van der Waals surface area (Å²) in [6, 6.07) is 10.6. The van der Waals surface area contributed by atoms with Gasteiger partial charge in [-0.3, -0.25) is 9.78 Å². The number of pyridine rings is 1. The predicted molar refractivity (Wildman–Crippen MR) is 108 cm³/mol. The van der Waals surface area contributed by atoms with Crippen molar-refractivity contribution in [3.05, 3.63) is 77.4 Å². The average Bonchev–Trinajstić information content (AvgIpc) is 3.23. The van der Waals surface area contributed by atoms with Crippen LogP contribution in [0.4, 0.5) is 10.2 Å². The quantitative estimate of drug-likeness (QED) is 0.558. The number of nitrogens with zero attached hydrogens (tertiary/aromatic N) is 5. The van der Waals surface area contributed by atoms with Gasteiger partial charge in [-0.1, -0.05) is 0 Å². The first-order chi connectivity index (χ1) is 14.7. The van der Waals surface area contributed by atoms with Gasteiger partial charge in [-0.15, -0.1) is 0 Å². The molecule has 4 heterocycles. The van der Waals surface area contributed by atoms with Crippen molar-refractivity contribution in [3.63, 3.8) is 0 Å². The second-order valence-electron chi connectivity index (χ2n) is 6.98. The van der Waals surface area contributed by atoms with Gasteiger partial charge in [-0.05, 0) is 36.4 Å². The zero-order valence-corrected chi connectivity index (χ0v) is 15.8. The number of fused-ring (bicyclic) bond motifs is 1. The predicted octanol–water partition coefficient (Wildman–Crippen LogP) is 2.44. The molecule has 1 aliphatic heterocycles. The van der Waals surface area contributed by atoms with Crippen LogP contribution in [0.15, 0.2) is 66.0 Å². The van der Waals surface area contributed by atoms with E-state index in [-0.39, 0.29) is 23.5 Å². The van der Waals surface area contributed by atoms with Gasteiger partial charge in [0.1, 0.15) is 24.0 Å². The molecule has 0 radical (unpaired) electrons.